The van der Waals surface area contributed by atoms with E-state index in [9.17, 15) is 0 Å². The van der Waals surface area contributed by atoms with E-state index in [1.54, 1.807) is 0 Å². The van der Waals surface area contributed by atoms with Crippen molar-refractivity contribution in [2.45, 2.75) is 0 Å². The zero-order chi connectivity index (χ0) is 6.15. The van der Waals surface area contributed by atoms with Crippen LogP contribution in [0.5, 0.6) is 0 Å². The van der Waals surface area contributed by atoms with Gasteiger partial charge in [-0.2, -0.15) is 0 Å². The summed E-state index contributed by atoms with van der Waals surface area (Å²) < 4.78 is 0.249. The van der Waals surface area contributed by atoms with Gasteiger partial charge in [0, 0.05) is 0 Å². The molecule has 7 heavy (non-hydrogen) atoms. The third-order valence-corrected chi connectivity index (χ3v) is 2.64. The van der Waals surface area contributed by atoms with Crippen LogP contribution in [-0.4, -0.2) is 16.9 Å². The van der Waals surface area contributed by atoms with Crippen LogP contribution in [0.2, 0.25) is 0 Å². The number of halogens is 2. The fourth-order valence-electron chi connectivity index (χ4n) is 0. The van der Waals surface area contributed by atoms with E-state index < -0.39 is 4.69 Å². The summed E-state index contributed by atoms with van der Waals surface area (Å²) in [5.74, 6) is 0. The molecule has 0 rings (SSSR count). The Morgan fingerprint density at radius 2 is 1.57 bits per heavy atom. The summed E-state index contributed by atoms with van der Waals surface area (Å²) in [7, 11) is 1.18. The van der Waals surface area contributed by atoms with E-state index in [1.165, 1.54) is 7.11 Å². The van der Waals surface area contributed by atoms with Gasteiger partial charge in [0.05, 0.1) is 0 Å². The summed E-state index contributed by atoms with van der Waals surface area (Å²) >= 11 is 5.04. The van der Waals surface area contributed by atoms with E-state index in [2.05, 4.69) is 35.5 Å². The third-order valence-electron chi connectivity index (χ3n) is 0.301. The first kappa shape index (κ1) is 8.27. The second-order valence-corrected chi connectivity index (χ2v) is 13.3. The summed E-state index contributed by atoms with van der Waals surface area (Å²) in [6, 6.07) is 0. The van der Waals surface area contributed by atoms with Crippen molar-refractivity contribution in [1.82, 2.24) is 0 Å². The minimum absolute atomic E-state index is 1.18. The van der Waals surface area contributed by atoms with Crippen LogP contribution in [0.3, 0.4) is 0 Å². The molecule has 0 saturated carbocycles. The molecule has 6 heteroatoms. The van der Waals surface area contributed by atoms with Crippen molar-refractivity contribution in [2.75, 3.05) is 7.11 Å². The standard InChI is InChI=1S/CH5Br2O3P/c1-6-7(2,3,4)5/h4-5H,1H3. The molecule has 0 aromatic rings. The van der Waals surface area contributed by atoms with Crippen molar-refractivity contribution in [3.05, 3.63) is 0 Å². The molecule has 0 bridgehead atoms. The molecule has 0 spiro atoms. The Labute approximate surface area is 57.3 Å². The second-order valence-electron chi connectivity index (χ2n) is 0.940. The van der Waals surface area contributed by atoms with Gasteiger partial charge in [-0.15, -0.1) is 0 Å². The van der Waals surface area contributed by atoms with Crippen molar-refractivity contribution < 1.29 is 14.3 Å². The predicted octanol–water partition coefficient (Wildman–Crippen LogP) is 1.54. The molecule has 0 unspecified atom stereocenters. The molecule has 0 aliphatic rings. The van der Waals surface area contributed by atoms with Gasteiger partial charge in [0.25, 0.3) is 0 Å². The summed E-state index contributed by atoms with van der Waals surface area (Å²) in [6.45, 7) is 0. The Morgan fingerprint density at radius 3 is 1.57 bits per heavy atom. The minimum atomic E-state index is -3.95. The molecular formula is CH5Br2O3P. The monoisotopic (exact) mass is 254 g/mol. The second kappa shape index (κ2) is 1.90. The SMILES string of the molecule is COP(O)(O)(Br)Br. The van der Waals surface area contributed by atoms with Crippen LogP contribution >= 0.6 is 35.7 Å². The van der Waals surface area contributed by atoms with E-state index in [0.717, 1.165) is 0 Å². The molecule has 0 saturated heterocycles. The van der Waals surface area contributed by atoms with Crippen LogP contribution in [0.25, 0.3) is 0 Å². The van der Waals surface area contributed by atoms with Gasteiger partial charge in [-0.05, 0) is 0 Å². The average Bonchev–Trinajstić information content (AvgIpc) is 1.32. The van der Waals surface area contributed by atoms with E-state index >= 15 is 0 Å². The zero-order valence-electron chi connectivity index (χ0n) is 3.51. The quantitative estimate of drug-likeness (QED) is 0.699. The molecule has 3 nitrogen and oxygen atoms in total. The van der Waals surface area contributed by atoms with Gasteiger partial charge < -0.3 is 0 Å². The Balaban J connectivity index is 3.83. The first-order chi connectivity index (χ1) is 2.81. The summed E-state index contributed by atoms with van der Waals surface area (Å²) in [5, 5.41) is 0. The van der Waals surface area contributed by atoms with Gasteiger partial charge in [0.2, 0.25) is 0 Å². The molecule has 0 aromatic heterocycles. The maximum absolute atomic E-state index is 8.59. The zero-order valence-corrected chi connectivity index (χ0v) is 7.57. The summed E-state index contributed by atoms with van der Waals surface area (Å²) in [4.78, 5) is 17.2. The van der Waals surface area contributed by atoms with Crippen molar-refractivity contribution in [1.29, 1.82) is 0 Å². The Kier molecular flexibility index (Phi) is 2.24. The van der Waals surface area contributed by atoms with Crippen molar-refractivity contribution in [2.24, 2.45) is 0 Å². The fourth-order valence-corrected chi connectivity index (χ4v) is 0. The number of hydrogen-bond acceptors (Lipinski definition) is 3. The molecule has 0 radical (unpaired) electrons. The molecule has 0 amide bonds. The van der Waals surface area contributed by atoms with E-state index in [-0.39, 0.29) is 0 Å². The Hall–Kier alpha value is 1.27. The van der Waals surface area contributed by atoms with Gasteiger partial charge in [-0.25, -0.2) is 0 Å². The van der Waals surface area contributed by atoms with E-state index in [0.29, 0.717) is 0 Å². The number of rotatable bonds is 1. The van der Waals surface area contributed by atoms with Crippen LogP contribution in [-0.2, 0) is 4.52 Å². The molecular weight excluding hydrogens is 251 g/mol. The van der Waals surface area contributed by atoms with Gasteiger partial charge in [0.15, 0.2) is 0 Å². The van der Waals surface area contributed by atoms with Gasteiger partial charge in [-0.3, -0.25) is 0 Å². The molecule has 0 aliphatic carbocycles. The fraction of sp³-hybridized carbons (Fsp3) is 1.00. The number of hydrogen-bond donors (Lipinski definition) is 2. The van der Waals surface area contributed by atoms with Crippen molar-refractivity contribution in [3.8, 4) is 0 Å². The molecule has 2 N–H and O–H groups in total. The molecule has 0 fully saturated rings. The van der Waals surface area contributed by atoms with Gasteiger partial charge in [0.1, 0.15) is 0 Å². The van der Waals surface area contributed by atoms with Crippen LogP contribution < -0.4 is 0 Å². The van der Waals surface area contributed by atoms with Crippen molar-refractivity contribution >= 4 is 35.7 Å². The van der Waals surface area contributed by atoms with Crippen LogP contribution in [0.1, 0.15) is 0 Å². The summed E-state index contributed by atoms with van der Waals surface area (Å²) in [5.41, 5.74) is 0. The van der Waals surface area contributed by atoms with Crippen molar-refractivity contribution in [3.63, 3.8) is 0 Å². The van der Waals surface area contributed by atoms with Gasteiger partial charge >= 0.3 is 57.1 Å². The maximum atomic E-state index is 8.59. The predicted molar refractivity (Wildman–Crippen MR) is 36.2 cm³/mol. The molecule has 46 valence electrons. The Bertz CT molecular complexity index is 65.5. The normalized spacial score (nSPS) is 18.1. The van der Waals surface area contributed by atoms with Crippen LogP contribution in [0.4, 0.5) is 0 Å². The topological polar surface area (TPSA) is 49.7 Å². The van der Waals surface area contributed by atoms with E-state index in [1.807, 2.05) is 0 Å². The first-order valence-electron chi connectivity index (χ1n) is 1.33. The summed E-state index contributed by atoms with van der Waals surface area (Å²) in [6.07, 6.45) is 0. The molecule has 0 aliphatic heterocycles. The van der Waals surface area contributed by atoms with Gasteiger partial charge in [-0.1, -0.05) is 0 Å². The average molecular weight is 256 g/mol. The van der Waals surface area contributed by atoms with Crippen LogP contribution in [0, 0.1) is 0 Å². The first-order valence-corrected chi connectivity index (χ1v) is 7.43. The van der Waals surface area contributed by atoms with Crippen LogP contribution in [0.15, 0.2) is 0 Å². The van der Waals surface area contributed by atoms with E-state index in [4.69, 9.17) is 9.79 Å². The third kappa shape index (κ3) is 7.27. The Morgan fingerprint density at radius 1 is 1.43 bits per heavy atom. The molecule has 0 atom stereocenters. The molecule has 0 heterocycles. The molecule has 0 aromatic carbocycles.